The molecule has 1 saturated carbocycles. The molecule has 1 aromatic carbocycles. The minimum atomic E-state index is -0.890. The van der Waals surface area contributed by atoms with Crippen molar-refractivity contribution in [1.29, 1.82) is 0 Å². The maximum absolute atomic E-state index is 12.0. The summed E-state index contributed by atoms with van der Waals surface area (Å²) in [5, 5.41) is 12.1. The summed E-state index contributed by atoms with van der Waals surface area (Å²) in [4.78, 5) is 22.7. The Bertz CT molecular complexity index is 471. The molecule has 0 spiro atoms. The van der Waals surface area contributed by atoms with Crippen molar-refractivity contribution in [2.75, 3.05) is 0 Å². The molecule has 1 aromatic rings. The van der Waals surface area contributed by atoms with E-state index in [4.69, 9.17) is 16.7 Å². The van der Waals surface area contributed by atoms with Crippen molar-refractivity contribution in [2.45, 2.75) is 25.3 Å². The van der Waals surface area contributed by atoms with Gasteiger partial charge in [0.15, 0.2) is 0 Å². The molecule has 0 bridgehead atoms. The van der Waals surface area contributed by atoms with Gasteiger partial charge in [-0.25, -0.2) is 0 Å². The number of carbonyl (C=O) groups excluding carboxylic acids is 1. The normalized spacial score (nSPS) is 16.1. The second-order valence-corrected chi connectivity index (χ2v) is 4.96. The Hall–Kier alpha value is -1.55. The number of benzene rings is 1. The van der Waals surface area contributed by atoms with Crippen molar-refractivity contribution in [3.8, 4) is 0 Å². The van der Waals surface area contributed by atoms with Crippen LogP contribution >= 0.6 is 11.6 Å². The van der Waals surface area contributed by atoms with E-state index in [0.29, 0.717) is 16.5 Å². The highest BCUT2D eigenvalue weighted by Crippen LogP contribution is 2.34. The van der Waals surface area contributed by atoms with Crippen molar-refractivity contribution in [3.63, 3.8) is 0 Å². The zero-order valence-corrected chi connectivity index (χ0v) is 10.5. The Balaban J connectivity index is 2.02. The fourth-order valence-corrected chi connectivity index (χ4v) is 2.09. The Kier molecular flexibility index (Phi) is 3.87. The first kappa shape index (κ1) is 12.9. The highest BCUT2D eigenvalue weighted by atomic mass is 35.5. The van der Waals surface area contributed by atoms with Crippen LogP contribution in [-0.2, 0) is 4.79 Å². The number of carboxylic acid groups (broad SMARTS) is 1. The van der Waals surface area contributed by atoms with Gasteiger partial charge >= 0.3 is 5.97 Å². The van der Waals surface area contributed by atoms with E-state index in [0.717, 1.165) is 12.8 Å². The van der Waals surface area contributed by atoms with Crippen LogP contribution in [0.15, 0.2) is 24.3 Å². The zero-order valence-electron chi connectivity index (χ0n) is 9.73. The third-order valence-corrected chi connectivity index (χ3v) is 3.22. The molecule has 0 aromatic heterocycles. The lowest BCUT2D eigenvalue weighted by Gasteiger charge is -2.16. The SMILES string of the molecule is O=C(O)CC(NC(=O)c1cccc(Cl)c1)C1CC1. The standard InChI is InChI=1S/C13H14ClNO3/c14-10-3-1-2-9(6-10)13(18)15-11(7-12(16)17)8-4-5-8/h1-3,6,8,11H,4-5,7H2,(H,15,18)(H,16,17). The van der Waals surface area contributed by atoms with Gasteiger partial charge in [0.1, 0.15) is 0 Å². The van der Waals surface area contributed by atoms with E-state index in [-0.39, 0.29) is 18.4 Å². The largest absolute Gasteiger partial charge is 0.481 e. The summed E-state index contributed by atoms with van der Waals surface area (Å²) >= 11 is 5.81. The minimum absolute atomic E-state index is 0.0308. The lowest BCUT2D eigenvalue weighted by atomic mass is 10.1. The summed E-state index contributed by atoms with van der Waals surface area (Å²) in [5.74, 6) is -0.863. The van der Waals surface area contributed by atoms with Crippen LogP contribution in [0.25, 0.3) is 0 Å². The molecule has 2 rings (SSSR count). The molecule has 0 heterocycles. The lowest BCUT2D eigenvalue weighted by Crippen LogP contribution is -2.38. The minimum Gasteiger partial charge on any atom is -0.481 e. The zero-order chi connectivity index (χ0) is 13.1. The highest BCUT2D eigenvalue weighted by Gasteiger charge is 2.33. The van der Waals surface area contributed by atoms with Crippen molar-refractivity contribution < 1.29 is 14.7 Å². The number of carbonyl (C=O) groups is 2. The molecule has 1 fully saturated rings. The van der Waals surface area contributed by atoms with Crippen LogP contribution in [0.5, 0.6) is 0 Å². The van der Waals surface area contributed by atoms with E-state index in [9.17, 15) is 9.59 Å². The molecule has 4 nitrogen and oxygen atoms in total. The molecule has 18 heavy (non-hydrogen) atoms. The Labute approximate surface area is 110 Å². The van der Waals surface area contributed by atoms with E-state index in [1.54, 1.807) is 24.3 Å². The van der Waals surface area contributed by atoms with E-state index in [2.05, 4.69) is 5.32 Å². The number of halogens is 1. The number of aliphatic carboxylic acids is 1. The van der Waals surface area contributed by atoms with Crippen molar-refractivity contribution in [3.05, 3.63) is 34.9 Å². The van der Waals surface area contributed by atoms with Gasteiger partial charge in [-0.1, -0.05) is 17.7 Å². The maximum atomic E-state index is 12.0. The summed E-state index contributed by atoms with van der Waals surface area (Å²) in [7, 11) is 0. The summed E-state index contributed by atoms with van der Waals surface area (Å²) in [6, 6.07) is 6.33. The van der Waals surface area contributed by atoms with Gasteiger partial charge in [-0.3, -0.25) is 9.59 Å². The monoisotopic (exact) mass is 267 g/mol. The summed E-state index contributed by atoms with van der Waals surface area (Å²) in [5.41, 5.74) is 0.457. The molecule has 1 unspecified atom stereocenters. The van der Waals surface area contributed by atoms with Crippen LogP contribution in [0.3, 0.4) is 0 Å². The molecule has 1 aliphatic rings. The molecule has 1 atom stereocenters. The molecule has 1 amide bonds. The molecule has 0 radical (unpaired) electrons. The molecule has 2 N–H and O–H groups in total. The van der Waals surface area contributed by atoms with Gasteiger partial charge in [0.2, 0.25) is 0 Å². The number of hydrogen-bond donors (Lipinski definition) is 2. The van der Waals surface area contributed by atoms with Crippen LogP contribution in [-0.4, -0.2) is 23.0 Å². The number of amides is 1. The van der Waals surface area contributed by atoms with Crippen molar-refractivity contribution in [1.82, 2.24) is 5.32 Å². The number of nitrogens with one attached hydrogen (secondary N) is 1. The number of hydrogen-bond acceptors (Lipinski definition) is 2. The average molecular weight is 268 g/mol. The Morgan fingerprint density at radius 3 is 2.72 bits per heavy atom. The van der Waals surface area contributed by atoms with Crippen LogP contribution in [0, 0.1) is 5.92 Å². The smallest absolute Gasteiger partial charge is 0.305 e. The molecule has 1 aliphatic carbocycles. The average Bonchev–Trinajstić information content (AvgIpc) is 3.11. The summed E-state index contributed by atoms with van der Waals surface area (Å²) < 4.78 is 0. The maximum Gasteiger partial charge on any atom is 0.305 e. The van der Waals surface area contributed by atoms with Gasteiger partial charge in [-0.15, -0.1) is 0 Å². The fourth-order valence-electron chi connectivity index (χ4n) is 1.90. The van der Waals surface area contributed by atoms with Crippen LogP contribution in [0.1, 0.15) is 29.6 Å². The van der Waals surface area contributed by atoms with E-state index < -0.39 is 5.97 Å². The van der Waals surface area contributed by atoms with E-state index in [1.807, 2.05) is 0 Å². The van der Waals surface area contributed by atoms with Crippen molar-refractivity contribution in [2.24, 2.45) is 5.92 Å². The quantitative estimate of drug-likeness (QED) is 0.860. The highest BCUT2D eigenvalue weighted by molar-refractivity contribution is 6.30. The molecular formula is C13H14ClNO3. The van der Waals surface area contributed by atoms with Gasteiger partial charge in [-0.2, -0.15) is 0 Å². The third kappa shape index (κ3) is 3.47. The van der Waals surface area contributed by atoms with Crippen LogP contribution in [0.4, 0.5) is 0 Å². The Morgan fingerprint density at radius 2 is 2.17 bits per heavy atom. The lowest BCUT2D eigenvalue weighted by molar-refractivity contribution is -0.137. The first-order chi connectivity index (χ1) is 8.56. The third-order valence-electron chi connectivity index (χ3n) is 2.99. The van der Waals surface area contributed by atoms with E-state index >= 15 is 0 Å². The number of carboxylic acids is 1. The van der Waals surface area contributed by atoms with Gasteiger partial charge in [0.05, 0.1) is 6.42 Å². The van der Waals surface area contributed by atoms with Crippen LogP contribution < -0.4 is 5.32 Å². The Morgan fingerprint density at radius 1 is 1.44 bits per heavy atom. The molecule has 5 heteroatoms. The molecular weight excluding hydrogens is 254 g/mol. The van der Waals surface area contributed by atoms with Crippen molar-refractivity contribution >= 4 is 23.5 Å². The summed E-state index contributed by atoms with van der Waals surface area (Å²) in [6.45, 7) is 0. The molecule has 96 valence electrons. The second kappa shape index (κ2) is 5.40. The van der Waals surface area contributed by atoms with E-state index in [1.165, 1.54) is 0 Å². The predicted octanol–water partition coefficient (Wildman–Crippen LogP) is 2.32. The first-order valence-electron chi connectivity index (χ1n) is 5.84. The van der Waals surface area contributed by atoms with Gasteiger partial charge < -0.3 is 10.4 Å². The summed E-state index contributed by atoms with van der Waals surface area (Å²) in [6.07, 6.45) is 1.93. The van der Waals surface area contributed by atoms with Gasteiger partial charge in [-0.05, 0) is 37.0 Å². The predicted molar refractivity (Wildman–Crippen MR) is 67.7 cm³/mol. The second-order valence-electron chi connectivity index (χ2n) is 4.53. The first-order valence-corrected chi connectivity index (χ1v) is 6.22. The number of rotatable bonds is 5. The molecule has 0 aliphatic heterocycles. The fraction of sp³-hybridized carbons (Fsp3) is 0.385. The van der Waals surface area contributed by atoms with Crippen LogP contribution in [0.2, 0.25) is 5.02 Å². The molecule has 0 saturated heterocycles. The van der Waals surface area contributed by atoms with Gasteiger partial charge in [0.25, 0.3) is 5.91 Å². The topological polar surface area (TPSA) is 66.4 Å². The van der Waals surface area contributed by atoms with Gasteiger partial charge in [0, 0.05) is 16.6 Å².